The van der Waals surface area contributed by atoms with Gasteiger partial charge in [0.15, 0.2) is 5.82 Å². The smallest absolute Gasteiger partial charge is 0.328 e. The Kier molecular flexibility index (Phi) is 10.9. The largest absolute Gasteiger partial charge is 0.507 e. The van der Waals surface area contributed by atoms with Crippen LogP contribution in [0.25, 0.3) is 22.2 Å². The average Bonchev–Trinajstić information content (AvgIpc) is 3.59. The van der Waals surface area contributed by atoms with Gasteiger partial charge in [0.2, 0.25) is 5.91 Å². The van der Waals surface area contributed by atoms with Crippen molar-refractivity contribution in [2.75, 3.05) is 67.9 Å². The Labute approximate surface area is 355 Å². The van der Waals surface area contributed by atoms with Gasteiger partial charge in [-0.05, 0) is 98.7 Å². The number of phenols is 1. The van der Waals surface area contributed by atoms with Crippen LogP contribution in [0.15, 0.2) is 72.9 Å². The van der Waals surface area contributed by atoms with E-state index in [4.69, 9.17) is 5.73 Å². The van der Waals surface area contributed by atoms with Crippen molar-refractivity contribution in [3.05, 3.63) is 95.2 Å². The number of nitrogens with zero attached hydrogens (tertiary/aromatic N) is 7. The van der Waals surface area contributed by atoms with Gasteiger partial charge in [-0.2, -0.15) is 0 Å². The van der Waals surface area contributed by atoms with E-state index in [1.807, 2.05) is 48.2 Å². The van der Waals surface area contributed by atoms with E-state index in [1.165, 1.54) is 5.56 Å². The molecule has 4 aliphatic rings. The van der Waals surface area contributed by atoms with Crippen molar-refractivity contribution in [2.24, 2.45) is 0 Å². The molecule has 14 heteroatoms. The number of nitrogens with two attached hydrogens (primary N) is 1. The minimum absolute atomic E-state index is 0.0415. The molecule has 4 aliphatic heterocycles. The van der Waals surface area contributed by atoms with E-state index in [-0.39, 0.29) is 42.0 Å². The Balaban J connectivity index is 0.781. The maximum atomic E-state index is 16.4. The summed E-state index contributed by atoms with van der Waals surface area (Å²) in [6.07, 6.45) is 6.90. The molecule has 318 valence electrons. The van der Waals surface area contributed by atoms with Crippen LogP contribution in [-0.2, 0) is 4.79 Å². The van der Waals surface area contributed by atoms with Crippen molar-refractivity contribution in [3.8, 4) is 17.0 Å². The van der Waals surface area contributed by atoms with Gasteiger partial charge in [-0.1, -0.05) is 24.3 Å². The fraction of sp³-hybridized carbons (Fsp3) is 0.426. The van der Waals surface area contributed by atoms with Crippen LogP contribution >= 0.6 is 0 Å². The van der Waals surface area contributed by atoms with Crippen LogP contribution in [0.5, 0.6) is 5.75 Å². The first kappa shape index (κ1) is 40.4. The van der Waals surface area contributed by atoms with Gasteiger partial charge in [0, 0.05) is 117 Å². The topological polar surface area (TPSA) is 153 Å². The van der Waals surface area contributed by atoms with Crippen LogP contribution in [-0.4, -0.2) is 106 Å². The number of nitrogens with one attached hydrogen (secondary N) is 1. The minimum Gasteiger partial charge on any atom is -0.507 e. The SMILES string of the molecule is Cc1cc([C@H]2CCCN(c3cc(-c4ccccc4O)nnc3N)C2)ccc1C(=O)N1CCC(F)(CN2CCC(n3cc(C)c4cc(N5CCC(=O)NC5=O)ccc43)CC2)CC1. The van der Waals surface area contributed by atoms with Gasteiger partial charge in [-0.15, -0.1) is 10.2 Å². The molecule has 5 aromatic rings. The number of para-hydroxylation sites is 1. The molecule has 4 N–H and O–H groups in total. The summed E-state index contributed by atoms with van der Waals surface area (Å²) in [5, 5.41) is 22.4. The van der Waals surface area contributed by atoms with Gasteiger partial charge < -0.3 is 30.1 Å². The predicted octanol–water partition coefficient (Wildman–Crippen LogP) is 7.11. The predicted molar refractivity (Wildman–Crippen MR) is 235 cm³/mol. The number of aryl methyl sites for hydroxylation is 2. The van der Waals surface area contributed by atoms with Gasteiger partial charge in [0.25, 0.3) is 5.91 Å². The van der Waals surface area contributed by atoms with Crippen molar-refractivity contribution in [1.29, 1.82) is 0 Å². The zero-order valence-corrected chi connectivity index (χ0v) is 34.9. The van der Waals surface area contributed by atoms with E-state index in [1.54, 1.807) is 17.0 Å². The Morgan fingerprint density at radius 1 is 0.918 bits per heavy atom. The van der Waals surface area contributed by atoms with Crippen molar-refractivity contribution < 1.29 is 23.9 Å². The van der Waals surface area contributed by atoms with Gasteiger partial charge >= 0.3 is 6.03 Å². The minimum atomic E-state index is -1.34. The van der Waals surface area contributed by atoms with E-state index in [9.17, 15) is 19.5 Å². The number of hydrogen-bond acceptors (Lipinski definition) is 9. The highest BCUT2D eigenvalue weighted by atomic mass is 19.1. The number of fused-ring (bicyclic) bond motifs is 1. The van der Waals surface area contributed by atoms with Crippen LogP contribution in [0.4, 0.5) is 26.4 Å². The third kappa shape index (κ3) is 8.13. The fourth-order valence-electron chi connectivity index (χ4n) is 10.0. The number of anilines is 3. The first-order valence-electron chi connectivity index (χ1n) is 21.6. The third-order valence-corrected chi connectivity index (χ3v) is 13.5. The molecule has 4 amide bonds. The number of aromatic nitrogens is 3. The second-order valence-electron chi connectivity index (χ2n) is 17.5. The summed E-state index contributed by atoms with van der Waals surface area (Å²) in [6, 6.07) is 21.0. The number of phenolic OH excluding ortho intramolecular Hbond substituents is 1. The lowest BCUT2D eigenvalue weighted by molar-refractivity contribution is -0.120. The van der Waals surface area contributed by atoms with Crippen molar-refractivity contribution in [2.45, 2.75) is 76.4 Å². The number of hydrogen-bond donors (Lipinski definition) is 3. The molecule has 4 fully saturated rings. The molecule has 0 bridgehead atoms. The number of halogens is 1. The van der Waals surface area contributed by atoms with Gasteiger partial charge in [0.1, 0.15) is 11.4 Å². The molecule has 6 heterocycles. The summed E-state index contributed by atoms with van der Waals surface area (Å²) in [5.41, 5.74) is 12.7. The molecule has 61 heavy (non-hydrogen) atoms. The number of carbonyl (C=O) groups excluding carboxylic acids is 3. The molecule has 9 rings (SSSR count). The zero-order chi connectivity index (χ0) is 42.4. The van der Waals surface area contributed by atoms with E-state index in [0.717, 1.165) is 85.3 Å². The number of piperidine rings is 3. The van der Waals surface area contributed by atoms with E-state index < -0.39 is 5.67 Å². The number of likely N-dealkylation sites (tertiary alicyclic amines) is 2. The number of aromatic hydroxyl groups is 1. The fourth-order valence-corrected chi connectivity index (χ4v) is 10.0. The molecule has 0 aliphatic carbocycles. The third-order valence-electron chi connectivity index (χ3n) is 13.5. The number of rotatable bonds is 8. The maximum absolute atomic E-state index is 16.4. The van der Waals surface area contributed by atoms with Gasteiger partial charge in [0.05, 0.1) is 11.4 Å². The highest BCUT2D eigenvalue weighted by Gasteiger charge is 2.39. The molecule has 0 spiro atoms. The molecule has 2 aromatic heterocycles. The van der Waals surface area contributed by atoms with E-state index in [0.29, 0.717) is 61.7 Å². The summed E-state index contributed by atoms with van der Waals surface area (Å²) >= 11 is 0. The molecule has 4 saturated heterocycles. The van der Waals surface area contributed by atoms with Crippen LogP contribution in [0, 0.1) is 13.8 Å². The Morgan fingerprint density at radius 3 is 2.46 bits per heavy atom. The van der Waals surface area contributed by atoms with Crippen molar-refractivity contribution in [3.63, 3.8) is 0 Å². The van der Waals surface area contributed by atoms with E-state index in [2.05, 4.69) is 61.2 Å². The monoisotopic (exact) mass is 827 g/mol. The van der Waals surface area contributed by atoms with Crippen LogP contribution in [0.3, 0.4) is 0 Å². The number of alkyl halides is 1. The summed E-state index contributed by atoms with van der Waals surface area (Å²) in [4.78, 5) is 45.9. The molecule has 1 atom stereocenters. The Bertz CT molecular complexity index is 2490. The molecule has 3 aromatic carbocycles. The van der Waals surface area contributed by atoms with Crippen LogP contribution in [0.1, 0.15) is 84.0 Å². The van der Waals surface area contributed by atoms with E-state index >= 15 is 4.39 Å². The number of nitrogen functional groups attached to an aromatic ring is 1. The van der Waals surface area contributed by atoms with Crippen LogP contribution < -0.4 is 20.9 Å². The number of carbonyl (C=O) groups is 3. The van der Waals surface area contributed by atoms with Gasteiger partial charge in [-0.3, -0.25) is 19.8 Å². The first-order chi connectivity index (χ1) is 29.4. The number of benzene rings is 3. The second-order valence-corrected chi connectivity index (χ2v) is 17.5. The summed E-state index contributed by atoms with van der Waals surface area (Å²) in [7, 11) is 0. The normalized spacial score (nSPS) is 20.3. The standard InChI is InChI=1S/C47H54FN9O4/c1-30-24-32(33-6-5-18-55(28-33)41-26-39(51-52-44(41)49)37-7-3-4-8-42(37)58)9-11-36(30)45(60)54-22-16-47(48,17-23-54)29-53-19-13-34(14-20-53)57-27-31(2)38-25-35(10-12-40(38)57)56-21-15-43(59)50-46(56)61/h3-4,7-12,24-27,33-34,58H,5-6,13-23,28-29H2,1-2H3,(H2,49,52)(H,50,59,61)/t33-/m0/s1. The number of urea groups is 1. The quantitative estimate of drug-likeness (QED) is 0.149. The Hall–Kier alpha value is -6.02. The average molecular weight is 828 g/mol. The molecule has 0 radical (unpaired) electrons. The highest BCUT2D eigenvalue weighted by Crippen LogP contribution is 2.38. The van der Waals surface area contributed by atoms with Crippen molar-refractivity contribution >= 4 is 45.9 Å². The maximum Gasteiger partial charge on any atom is 0.328 e. The summed E-state index contributed by atoms with van der Waals surface area (Å²) in [5.74, 6) is 0.429. The first-order valence-corrected chi connectivity index (χ1v) is 21.6. The lowest BCUT2D eigenvalue weighted by atomic mass is 9.88. The summed E-state index contributed by atoms with van der Waals surface area (Å²) in [6.45, 7) is 8.75. The number of imide groups is 1. The highest BCUT2D eigenvalue weighted by molar-refractivity contribution is 6.06. The molecule has 0 unspecified atom stereocenters. The van der Waals surface area contributed by atoms with Gasteiger partial charge in [-0.25, -0.2) is 9.18 Å². The lowest BCUT2D eigenvalue weighted by Crippen LogP contribution is -2.51. The second kappa shape index (κ2) is 16.4. The number of amides is 4. The molecule has 0 saturated carbocycles. The zero-order valence-electron chi connectivity index (χ0n) is 34.9. The van der Waals surface area contributed by atoms with Crippen molar-refractivity contribution in [1.82, 2.24) is 29.9 Å². The van der Waals surface area contributed by atoms with Crippen LogP contribution in [0.2, 0.25) is 0 Å². The molecule has 13 nitrogen and oxygen atoms in total. The molecular formula is C47H54FN9O4. The lowest BCUT2D eigenvalue weighted by Gasteiger charge is -2.41. The summed E-state index contributed by atoms with van der Waals surface area (Å²) < 4.78 is 18.8. The molecular weight excluding hydrogens is 774 g/mol. The Morgan fingerprint density at radius 2 is 1.70 bits per heavy atom.